The molecule has 0 unspecified atom stereocenters. The number of methoxy groups -OCH3 is 2. The van der Waals surface area contributed by atoms with Gasteiger partial charge in [0.15, 0.2) is 0 Å². The Morgan fingerprint density at radius 2 is 1.74 bits per heavy atom. The average Bonchev–Trinajstić information content (AvgIpc) is 3.21. The number of amides is 3. The molecule has 0 aliphatic carbocycles. The molecule has 0 aliphatic rings. The second-order valence-corrected chi connectivity index (χ2v) is 5.18. The van der Waals surface area contributed by atoms with E-state index in [1.54, 1.807) is 30.3 Å². The zero-order chi connectivity index (χ0) is 19.6. The first-order valence-corrected chi connectivity index (χ1v) is 7.83. The third-order valence-corrected chi connectivity index (χ3v) is 3.31. The Labute approximate surface area is 155 Å². The van der Waals surface area contributed by atoms with Crippen molar-refractivity contribution in [3.8, 4) is 11.5 Å². The summed E-state index contributed by atoms with van der Waals surface area (Å²) in [6.07, 6.45) is 4.14. The second kappa shape index (κ2) is 9.66. The largest absolute Gasteiger partial charge is 0.497 e. The summed E-state index contributed by atoms with van der Waals surface area (Å²) in [5, 5.41) is 2.35. The molecule has 142 valence electrons. The molecule has 1 heterocycles. The molecule has 1 aromatic carbocycles. The van der Waals surface area contributed by atoms with E-state index in [1.165, 1.54) is 32.6 Å². The van der Waals surface area contributed by atoms with Crippen molar-refractivity contribution in [1.82, 2.24) is 16.2 Å². The van der Waals surface area contributed by atoms with Gasteiger partial charge in [0.05, 0.1) is 27.0 Å². The minimum absolute atomic E-state index is 0.0603. The van der Waals surface area contributed by atoms with E-state index in [4.69, 9.17) is 13.9 Å². The fourth-order valence-electron chi connectivity index (χ4n) is 1.98. The molecule has 0 fully saturated rings. The summed E-state index contributed by atoms with van der Waals surface area (Å²) < 4.78 is 15.3. The van der Waals surface area contributed by atoms with Crippen LogP contribution in [0.4, 0.5) is 0 Å². The molecular formula is C18H19N3O6. The van der Waals surface area contributed by atoms with E-state index in [1.807, 2.05) is 5.43 Å². The maximum atomic E-state index is 11.8. The molecule has 9 nitrogen and oxygen atoms in total. The Morgan fingerprint density at radius 1 is 1.04 bits per heavy atom. The molecule has 1 aromatic heterocycles. The van der Waals surface area contributed by atoms with Crippen LogP contribution in [0.1, 0.15) is 11.3 Å². The van der Waals surface area contributed by atoms with E-state index < -0.39 is 17.7 Å². The number of nitrogens with one attached hydrogen (secondary N) is 3. The van der Waals surface area contributed by atoms with Crippen LogP contribution in [0.25, 0.3) is 6.08 Å². The molecule has 0 spiro atoms. The van der Waals surface area contributed by atoms with Crippen molar-refractivity contribution in [3.63, 3.8) is 0 Å². The summed E-state index contributed by atoms with van der Waals surface area (Å²) in [5.74, 6) is -0.910. The summed E-state index contributed by atoms with van der Waals surface area (Å²) in [6.45, 7) is 0.0603. The zero-order valence-corrected chi connectivity index (χ0v) is 14.8. The van der Waals surface area contributed by atoms with Gasteiger partial charge in [0.2, 0.25) is 0 Å². The number of hydrogen-bond donors (Lipinski definition) is 3. The fourth-order valence-corrected chi connectivity index (χ4v) is 1.98. The van der Waals surface area contributed by atoms with Crippen LogP contribution in [0, 0.1) is 0 Å². The maximum absolute atomic E-state index is 11.8. The van der Waals surface area contributed by atoms with Crippen LogP contribution >= 0.6 is 0 Å². The Kier molecular flexibility index (Phi) is 7.00. The van der Waals surface area contributed by atoms with E-state index in [0.29, 0.717) is 22.8 Å². The molecule has 2 aromatic rings. The standard InChI is InChI=1S/C18H19N3O6/c1-25-14-8-12(9-15(10-14)26-2)5-6-16(22)20-21-18(24)17(23)19-11-13-4-3-7-27-13/h3-10H,11H2,1-2H3,(H,19,23)(H,20,22)(H,21,24)/b6-5+. The summed E-state index contributed by atoms with van der Waals surface area (Å²) in [4.78, 5) is 35.0. The highest BCUT2D eigenvalue weighted by molar-refractivity contribution is 6.35. The minimum Gasteiger partial charge on any atom is -0.497 e. The molecule has 0 saturated heterocycles. The lowest BCUT2D eigenvalue weighted by Gasteiger charge is -2.06. The van der Waals surface area contributed by atoms with Crippen molar-refractivity contribution >= 4 is 23.8 Å². The molecule has 2 rings (SSSR count). The van der Waals surface area contributed by atoms with E-state index in [-0.39, 0.29) is 6.54 Å². The van der Waals surface area contributed by atoms with Gasteiger partial charge in [0.1, 0.15) is 17.3 Å². The van der Waals surface area contributed by atoms with Crippen molar-refractivity contribution in [3.05, 3.63) is 54.0 Å². The van der Waals surface area contributed by atoms with E-state index in [9.17, 15) is 14.4 Å². The van der Waals surface area contributed by atoms with Crippen molar-refractivity contribution in [1.29, 1.82) is 0 Å². The normalized spacial score (nSPS) is 10.3. The van der Waals surface area contributed by atoms with Gasteiger partial charge in [-0.05, 0) is 35.9 Å². The molecule has 3 N–H and O–H groups in total. The van der Waals surface area contributed by atoms with Gasteiger partial charge < -0.3 is 19.2 Å². The molecule has 0 bridgehead atoms. The average molecular weight is 373 g/mol. The lowest BCUT2D eigenvalue weighted by Crippen LogP contribution is -2.47. The van der Waals surface area contributed by atoms with Crippen LogP contribution in [-0.2, 0) is 20.9 Å². The predicted octanol–water partition coefficient (Wildman–Crippen LogP) is 0.774. The Bertz CT molecular complexity index is 807. The summed E-state index contributed by atoms with van der Waals surface area (Å²) in [6, 6.07) is 8.41. The molecule has 3 amide bonds. The number of carbonyl (C=O) groups is 3. The van der Waals surface area contributed by atoms with Crippen LogP contribution in [0.5, 0.6) is 11.5 Å². The van der Waals surface area contributed by atoms with E-state index in [2.05, 4.69) is 10.7 Å². The Balaban J connectivity index is 1.82. The lowest BCUT2D eigenvalue weighted by atomic mass is 10.2. The van der Waals surface area contributed by atoms with Gasteiger partial charge in [0, 0.05) is 12.1 Å². The molecule has 27 heavy (non-hydrogen) atoms. The van der Waals surface area contributed by atoms with Gasteiger partial charge >= 0.3 is 11.8 Å². The lowest BCUT2D eigenvalue weighted by molar-refractivity contribution is -0.140. The summed E-state index contributed by atoms with van der Waals surface area (Å²) >= 11 is 0. The fraction of sp³-hybridized carbons (Fsp3) is 0.167. The number of ether oxygens (including phenoxy) is 2. The first-order valence-electron chi connectivity index (χ1n) is 7.83. The van der Waals surface area contributed by atoms with Gasteiger partial charge in [-0.3, -0.25) is 25.2 Å². The number of hydrazine groups is 1. The summed E-state index contributed by atoms with van der Waals surface area (Å²) in [5.41, 5.74) is 4.78. The second-order valence-electron chi connectivity index (χ2n) is 5.18. The first-order chi connectivity index (χ1) is 13.0. The van der Waals surface area contributed by atoms with Crippen LogP contribution < -0.4 is 25.6 Å². The van der Waals surface area contributed by atoms with Crippen molar-refractivity contribution in [2.24, 2.45) is 0 Å². The third-order valence-electron chi connectivity index (χ3n) is 3.31. The van der Waals surface area contributed by atoms with Gasteiger partial charge in [-0.2, -0.15) is 0 Å². The quantitative estimate of drug-likeness (QED) is 0.391. The number of rotatable bonds is 6. The number of hydrogen-bond acceptors (Lipinski definition) is 6. The van der Waals surface area contributed by atoms with Gasteiger partial charge in [-0.1, -0.05) is 0 Å². The first kappa shape index (κ1) is 19.6. The van der Waals surface area contributed by atoms with Crippen molar-refractivity contribution in [2.45, 2.75) is 6.54 Å². The SMILES string of the molecule is COc1cc(/C=C/C(=O)NNC(=O)C(=O)NCc2ccco2)cc(OC)c1. The van der Waals surface area contributed by atoms with E-state index in [0.717, 1.165) is 0 Å². The highest BCUT2D eigenvalue weighted by Gasteiger charge is 2.13. The van der Waals surface area contributed by atoms with E-state index >= 15 is 0 Å². The predicted molar refractivity (Wildman–Crippen MR) is 95.4 cm³/mol. The zero-order valence-electron chi connectivity index (χ0n) is 14.8. The van der Waals surface area contributed by atoms with Gasteiger partial charge in [-0.25, -0.2) is 0 Å². The molecule has 0 aliphatic heterocycles. The smallest absolute Gasteiger partial charge is 0.327 e. The molecular weight excluding hydrogens is 354 g/mol. The van der Waals surface area contributed by atoms with Gasteiger partial charge in [0.25, 0.3) is 5.91 Å². The van der Waals surface area contributed by atoms with Crippen molar-refractivity contribution in [2.75, 3.05) is 14.2 Å². The van der Waals surface area contributed by atoms with Crippen LogP contribution in [-0.4, -0.2) is 31.9 Å². The van der Waals surface area contributed by atoms with Crippen LogP contribution in [0.2, 0.25) is 0 Å². The highest BCUT2D eigenvalue weighted by Crippen LogP contribution is 2.23. The highest BCUT2D eigenvalue weighted by atomic mass is 16.5. The number of benzene rings is 1. The molecule has 0 radical (unpaired) electrons. The monoisotopic (exact) mass is 373 g/mol. The third kappa shape index (κ3) is 6.24. The van der Waals surface area contributed by atoms with Crippen LogP contribution in [0.3, 0.4) is 0 Å². The number of furan rings is 1. The molecule has 9 heteroatoms. The Hall–Kier alpha value is -3.75. The summed E-state index contributed by atoms with van der Waals surface area (Å²) in [7, 11) is 3.03. The topological polar surface area (TPSA) is 119 Å². The maximum Gasteiger partial charge on any atom is 0.327 e. The molecule has 0 atom stereocenters. The Morgan fingerprint density at radius 3 is 2.33 bits per heavy atom. The van der Waals surface area contributed by atoms with Gasteiger partial charge in [-0.15, -0.1) is 0 Å². The van der Waals surface area contributed by atoms with Crippen LogP contribution in [0.15, 0.2) is 47.1 Å². The number of carbonyl (C=O) groups excluding carboxylic acids is 3. The minimum atomic E-state index is -1.01. The van der Waals surface area contributed by atoms with Crippen molar-refractivity contribution < 1.29 is 28.3 Å². The molecule has 0 saturated carbocycles.